The molecule has 1 heterocycles. The average Bonchev–Trinajstić information content (AvgIpc) is 2.59. The van der Waals surface area contributed by atoms with Gasteiger partial charge in [-0.25, -0.2) is 9.18 Å². The smallest absolute Gasteiger partial charge is 0.341 e. The molecule has 0 spiro atoms. The number of carbonyl (C=O) groups is 1. The first-order valence-corrected chi connectivity index (χ1v) is 6.98. The van der Waals surface area contributed by atoms with Gasteiger partial charge in [0.05, 0.1) is 17.1 Å². The van der Waals surface area contributed by atoms with Crippen LogP contribution in [0.1, 0.15) is 21.5 Å². The maximum atomic E-state index is 13.6. The van der Waals surface area contributed by atoms with E-state index in [-0.39, 0.29) is 31.3 Å². The number of hydrogen-bond acceptors (Lipinski definition) is 6. The van der Waals surface area contributed by atoms with Crippen LogP contribution in [0.5, 0.6) is 5.75 Å². The Bertz CT molecular complexity index is 807. The van der Waals surface area contributed by atoms with Crippen LogP contribution in [0, 0.1) is 15.9 Å². The second kappa shape index (κ2) is 6.63. The summed E-state index contributed by atoms with van der Waals surface area (Å²) in [7, 11) is 0. The van der Waals surface area contributed by atoms with E-state index >= 15 is 0 Å². The molecule has 0 aromatic heterocycles. The number of esters is 1. The van der Waals surface area contributed by atoms with Crippen molar-refractivity contribution in [2.75, 3.05) is 6.79 Å². The predicted octanol–water partition coefficient (Wildman–Crippen LogP) is 2.96. The van der Waals surface area contributed by atoms with Crippen LogP contribution in [-0.2, 0) is 22.7 Å². The number of nitrogens with zero attached hydrogens (tertiary/aromatic N) is 1. The van der Waals surface area contributed by atoms with Gasteiger partial charge in [-0.2, -0.15) is 0 Å². The van der Waals surface area contributed by atoms with Crippen molar-refractivity contribution in [3.05, 3.63) is 69.0 Å². The fraction of sp³-hybridized carbons (Fsp3) is 0.188. The highest BCUT2D eigenvalue weighted by Crippen LogP contribution is 2.33. The van der Waals surface area contributed by atoms with E-state index in [2.05, 4.69) is 0 Å². The lowest BCUT2D eigenvalue weighted by Crippen LogP contribution is -2.15. The third kappa shape index (κ3) is 3.18. The number of fused-ring (bicyclic) bond motifs is 1. The van der Waals surface area contributed by atoms with E-state index in [0.717, 1.165) is 6.07 Å². The van der Waals surface area contributed by atoms with E-state index in [1.807, 2.05) is 0 Å². The van der Waals surface area contributed by atoms with E-state index in [9.17, 15) is 19.3 Å². The van der Waals surface area contributed by atoms with Gasteiger partial charge in [0.15, 0.2) is 6.79 Å². The van der Waals surface area contributed by atoms with Gasteiger partial charge in [-0.15, -0.1) is 0 Å². The molecule has 0 bridgehead atoms. The number of nitro groups is 1. The van der Waals surface area contributed by atoms with Gasteiger partial charge in [0.2, 0.25) is 0 Å². The molecule has 2 aromatic rings. The molecule has 8 heteroatoms. The van der Waals surface area contributed by atoms with Crippen molar-refractivity contribution in [1.82, 2.24) is 0 Å². The number of hydrogen-bond donors (Lipinski definition) is 0. The van der Waals surface area contributed by atoms with Gasteiger partial charge in [-0.1, -0.05) is 12.1 Å². The fourth-order valence-corrected chi connectivity index (χ4v) is 2.34. The van der Waals surface area contributed by atoms with Gasteiger partial charge < -0.3 is 14.2 Å². The minimum Gasteiger partial charge on any atom is -0.467 e. The van der Waals surface area contributed by atoms with Crippen molar-refractivity contribution in [2.45, 2.75) is 13.2 Å². The van der Waals surface area contributed by atoms with Gasteiger partial charge in [-0.3, -0.25) is 10.1 Å². The molecule has 0 fully saturated rings. The Hall–Kier alpha value is -3.00. The highest BCUT2D eigenvalue weighted by molar-refractivity contribution is 5.89. The Morgan fingerprint density at radius 2 is 2.12 bits per heavy atom. The summed E-state index contributed by atoms with van der Waals surface area (Å²) in [5, 5.41) is 11.0. The zero-order valence-electron chi connectivity index (χ0n) is 12.4. The molecule has 0 aliphatic carbocycles. The number of ether oxygens (including phenoxy) is 3. The zero-order valence-corrected chi connectivity index (χ0v) is 12.4. The van der Waals surface area contributed by atoms with Crippen molar-refractivity contribution < 1.29 is 28.3 Å². The first-order chi connectivity index (χ1) is 11.6. The molecule has 0 amide bonds. The molecule has 3 rings (SSSR count). The van der Waals surface area contributed by atoms with Crippen LogP contribution in [0.3, 0.4) is 0 Å². The number of nitro benzene ring substituents is 1. The van der Waals surface area contributed by atoms with Gasteiger partial charge in [-0.05, 0) is 12.1 Å². The summed E-state index contributed by atoms with van der Waals surface area (Å²) in [5.74, 6) is -1.18. The molecule has 7 nitrogen and oxygen atoms in total. The third-order valence-corrected chi connectivity index (χ3v) is 3.44. The molecule has 1 aliphatic rings. The Morgan fingerprint density at radius 3 is 2.88 bits per heavy atom. The first kappa shape index (κ1) is 15.9. The van der Waals surface area contributed by atoms with E-state index in [0.29, 0.717) is 16.9 Å². The molecule has 0 saturated carbocycles. The predicted molar refractivity (Wildman–Crippen MR) is 78.9 cm³/mol. The highest BCUT2D eigenvalue weighted by atomic mass is 19.1. The number of benzene rings is 2. The number of rotatable bonds is 4. The average molecular weight is 333 g/mol. The van der Waals surface area contributed by atoms with Crippen molar-refractivity contribution in [2.24, 2.45) is 0 Å². The first-order valence-electron chi connectivity index (χ1n) is 6.98. The van der Waals surface area contributed by atoms with Crippen molar-refractivity contribution >= 4 is 11.7 Å². The van der Waals surface area contributed by atoms with Crippen LogP contribution in [0.2, 0.25) is 0 Å². The summed E-state index contributed by atoms with van der Waals surface area (Å²) in [5.41, 5.74) is 0.445. The molecule has 0 radical (unpaired) electrons. The Morgan fingerprint density at radius 1 is 1.33 bits per heavy atom. The van der Waals surface area contributed by atoms with Crippen LogP contribution >= 0.6 is 0 Å². The second-order valence-corrected chi connectivity index (χ2v) is 5.02. The molecular weight excluding hydrogens is 321 g/mol. The lowest BCUT2D eigenvalue weighted by atomic mass is 10.1. The van der Waals surface area contributed by atoms with Crippen LogP contribution in [0.25, 0.3) is 0 Å². The van der Waals surface area contributed by atoms with Gasteiger partial charge in [0.25, 0.3) is 5.69 Å². The summed E-state index contributed by atoms with van der Waals surface area (Å²) >= 11 is 0. The van der Waals surface area contributed by atoms with Crippen molar-refractivity contribution in [3.8, 4) is 5.75 Å². The summed E-state index contributed by atoms with van der Waals surface area (Å²) in [6, 6.07) is 8.01. The summed E-state index contributed by atoms with van der Waals surface area (Å²) in [6.07, 6.45) is 0. The minimum absolute atomic E-state index is 0.000922. The number of non-ortho nitro benzene ring substituents is 1. The topological polar surface area (TPSA) is 87.9 Å². The van der Waals surface area contributed by atoms with E-state index in [1.165, 1.54) is 30.3 Å². The quantitative estimate of drug-likeness (QED) is 0.485. The Kier molecular flexibility index (Phi) is 4.39. The normalized spacial score (nSPS) is 12.9. The Balaban J connectivity index is 1.84. The molecule has 24 heavy (non-hydrogen) atoms. The maximum absolute atomic E-state index is 13.6. The standard InChI is InChI=1S/C16H12FNO6/c17-14-4-2-1-3-13(14)16(19)23-8-11-6-12(18(20)21)5-10-7-22-9-24-15(10)11/h1-6H,7-9H2. The molecule has 0 unspecified atom stereocenters. The largest absolute Gasteiger partial charge is 0.467 e. The monoisotopic (exact) mass is 333 g/mol. The van der Waals surface area contributed by atoms with E-state index in [4.69, 9.17) is 14.2 Å². The molecule has 0 saturated heterocycles. The van der Waals surface area contributed by atoms with Crippen LogP contribution in [0.4, 0.5) is 10.1 Å². The van der Waals surface area contributed by atoms with E-state index < -0.39 is 16.7 Å². The lowest BCUT2D eigenvalue weighted by Gasteiger charge is -2.20. The minimum atomic E-state index is -0.861. The molecule has 124 valence electrons. The van der Waals surface area contributed by atoms with E-state index in [1.54, 1.807) is 0 Å². The fourth-order valence-electron chi connectivity index (χ4n) is 2.34. The van der Waals surface area contributed by atoms with Crippen molar-refractivity contribution in [3.63, 3.8) is 0 Å². The van der Waals surface area contributed by atoms with Crippen LogP contribution in [-0.4, -0.2) is 17.7 Å². The Labute approximate surface area is 135 Å². The zero-order chi connectivity index (χ0) is 17.1. The number of carbonyl (C=O) groups excluding carboxylic acids is 1. The maximum Gasteiger partial charge on any atom is 0.341 e. The molecule has 2 aromatic carbocycles. The number of halogens is 1. The SMILES string of the molecule is O=C(OCc1cc([N+](=O)[O-])cc2c1OCOC2)c1ccccc1F. The van der Waals surface area contributed by atoms with Gasteiger partial charge in [0, 0.05) is 23.3 Å². The third-order valence-electron chi connectivity index (χ3n) is 3.44. The van der Waals surface area contributed by atoms with Gasteiger partial charge in [0.1, 0.15) is 18.2 Å². The van der Waals surface area contributed by atoms with Crippen LogP contribution in [0.15, 0.2) is 36.4 Å². The molecule has 1 aliphatic heterocycles. The lowest BCUT2D eigenvalue weighted by molar-refractivity contribution is -0.385. The summed E-state index contributed by atoms with van der Waals surface area (Å²) in [4.78, 5) is 22.4. The highest BCUT2D eigenvalue weighted by Gasteiger charge is 2.22. The second-order valence-electron chi connectivity index (χ2n) is 5.02. The summed E-state index contributed by atoms with van der Waals surface area (Å²) in [6.45, 7) is -0.123. The molecular formula is C16H12FNO6. The molecule has 0 atom stereocenters. The molecule has 0 N–H and O–H groups in total. The summed E-state index contributed by atoms with van der Waals surface area (Å²) < 4.78 is 29.1. The van der Waals surface area contributed by atoms with Crippen molar-refractivity contribution in [1.29, 1.82) is 0 Å². The van der Waals surface area contributed by atoms with Crippen LogP contribution < -0.4 is 4.74 Å². The van der Waals surface area contributed by atoms with Gasteiger partial charge >= 0.3 is 5.97 Å².